The number of carbonyl (C=O) groups excluding carboxylic acids is 2. The summed E-state index contributed by atoms with van der Waals surface area (Å²) in [6.45, 7) is 2.05. The van der Waals surface area contributed by atoms with E-state index >= 15 is 0 Å². The minimum Gasteiger partial charge on any atom is -0.465 e. The van der Waals surface area contributed by atoms with Crippen LogP contribution in [0.4, 0.5) is 0 Å². The van der Waals surface area contributed by atoms with E-state index in [0.29, 0.717) is 12.2 Å². The molecule has 0 saturated carbocycles. The van der Waals surface area contributed by atoms with Crippen molar-refractivity contribution in [1.29, 1.82) is 0 Å². The van der Waals surface area contributed by atoms with Crippen LogP contribution in [0.5, 0.6) is 0 Å². The van der Waals surface area contributed by atoms with Crippen LogP contribution in [0.25, 0.3) is 0 Å². The van der Waals surface area contributed by atoms with Gasteiger partial charge in [0.05, 0.1) is 15.1 Å². The van der Waals surface area contributed by atoms with Gasteiger partial charge < -0.3 is 9.64 Å². The first-order valence-electron chi connectivity index (χ1n) is 4.69. The van der Waals surface area contributed by atoms with E-state index in [1.54, 1.807) is 25.4 Å². The largest absolute Gasteiger partial charge is 0.465 e. The number of esters is 1. The molecule has 0 spiro atoms. The van der Waals surface area contributed by atoms with Gasteiger partial charge in [0.15, 0.2) is 0 Å². The van der Waals surface area contributed by atoms with Gasteiger partial charge in [-0.15, -0.1) is 11.3 Å². The van der Waals surface area contributed by atoms with E-state index in [4.69, 9.17) is 4.74 Å². The lowest BCUT2D eigenvalue weighted by molar-refractivity contribution is -0.143. The van der Waals surface area contributed by atoms with Crippen molar-refractivity contribution in [3.63, 3.8) is 0 Å². The summed E-state index contributed by atoms with van der Waals surface area (Å²) in [4.78, 5) is 24.4. The van der Waals surface area contributed by atoms with Gasteiger partial charge in [0.25, 0.3) is 5.91 Å². The number of nitrogens with zero attached hydrogens (tertiary/aromatic N) is 1. The molecule has 88 valence electrons. The third-order valence-corrected chi connectivity index (χ3v) is 3.62. The molecule has 0 saturated heterocycles. The van der Waals surface area contributed by atoms with Gasteiger partial charge in [-0.25, -0.2) is 0 Å². The van der Waals surface area contributed by atoms with Crippen LogP contribution in [0.2, 0.25) is 0 Å². The summed E-state index contributed by atoms with van der Waals surface area (Å²) in [5.74, 6) is -0.546. The summed E-state index contributed by atoms with van der Waals surface area (Å²) in [5, 5.41) is 1.78. The molecule has 6 heteroatoms. The van der Waals surface area contributed by atoms with Crippen molar-refractivity contribution in [1.82, 2.24) is 4.90 Å². The van der Waals surface area contributed by atoms with Crippen LogP contribution in [-0.4, -0.2) is 37.0 Å². The van der Waals surface area contributed by atoms with Crippen LogP contribution in [0.15, 0.2) is 11.4 Å². The van der Waals surface area contributed by atoms with Crippen molar-refractivity contribution >= 4 is 45.8 Å². The molecule has 0 N–H and O–H groups in total. The van der Waals surface area contributed by atoms with Gasteiger partial charge in [-0.05, 0) is 35.6 Å². The van der Waals surface area contributed by atoms with E-state index in [1.165, 1.54) is 16.2 Å². The summed E-state index contributed by atoms with van der Waals surface area (Å²) >= 11 is 3.65. The molecule has 1 aromatic heterocycles. The highest BCUT2D eigenvalue weighted by atomic mass is 127. The first kappa shape index (κ1) is 13.4. The highest BCUT2D eigenvalue weighted by Crippen LogP contribution is 2.17. The number of carbonyl (C=O) groups is 2. The van der Waals surface area contributed by atoms with Crippen molar-refractivity contribution in [2.45, 2.75) is 6.92 Å². The van der Waals surface area contributed by atoms with Gasteiger partial charge in [-0.3, -0.25) is 9.59 Å². The lowest BCUT2D eigenvalue weighted by atomic mass is 10.3. The van der Waals surface area contributed by atoms with E-state index in [-0.39, 0.29) is 18.4 Å². The molecule has 1 heterocycles. The molecule has 0 aliphatic carbocycles. The first-order chi connectivity index (χ1) is 7.54. The third-order valence-electron chi connectivity index (χ3n) is 1.83. The molecule has 0 aliphatic heterocycles. The van der Waals surface area contributed by atoms with Crippen LogP contribution < -0.4 is 0 Å². The summed E-state index contributed by atoms with van der Waals surface area (Å²) in [6, 6.07) is 1.80. The molecule has 0 aromatic carbocycles. The molecule has 0 bridgehead atoms. The van der Waals surface area contributed by atoms with Crippen LogP contribution >= 0.6 is 33.9 Å². The standard InChI is InChI=1S/C10H12INO3S/c1-3-15-9(13)5-12(2)10(14)7-4-8(11)16-6-7/h4,6H,3,5H2,1-2H3. The van der Waals surface area contributed by atoms with Crippen LogP contribution in [-0.2, 0) is 9.53 Å². The van der Waals surface area contributed by atoms with Gasteiger partial charge in [-0.1, -0.05) is 0 Å². The van der Waals surface area contributed by atoms with E-state index in [0.717, 1.165) is 2.88 Å². The van der Waals surface area contributed by atoms with Crippen molar-refractivity contribution in [3.8, 4) is 0 Å². The molecule has 1 amide bonds. The fraction of sp³-hybridized carbons (Fsp3) is 0.400. The Morgan fingerprint density at radius 2 is 2.25 bits per heavy atom. The van der Waals surface area contributed by atoms with E-state index < -0.39 is 0 Å². The zero-order chi connectivity index (χ0) is 12.1. The molecule has 0 unspecified atom stereocenters. The Morgan fingerprint density at radius 1 is 1.56 bits per heavy atom. The lowest BCUT2D eigenvalue weighted by Gasteiger charge is -2.14. The van der Waals surface area contributed by atoms with E-state index in [9.17, 15) is 9.59 Å². The van der Waals surface area contributed by atoms with Gasteiger partial charge >= 0.3 is 5.97 Å². The first-order valence-corrected chi connectivity index (χ1v) is 6.65. The maximum absolute atomic E-state index is 11.8. The average molecular weight is 353 g/mol. The Kier molecular flexibility index (Phi) is 5.20. The van der Waals surface area contributed by atoms with Crippen molar-refractivity contribution in [3.05, 3.63) is 19.9 Å². The minimum absolute atomic E-state index is 0.0148. The number of hydrogen-bond donors (Lipinski definition) is 0. The van der Waals surface area contributed by atoms with Crippen molar-refractivity contribution in [2.24, 2.45) is 0 Å². The summed E-state index contributed by atoms with van der Waals surface area (Å²) < 4.78 is 5.82. The monoisotopic (exact) mass is 353 g/mol. The molecular formula is C10H12INO3S. The molecule has 1 rings (SSSR count). The number of likely N-dealkylation sites (N-methyl/N-ethyl adjacent to an activating group) is 1. The van der Waals surface area contributed by atoms with Crippen molar-refractivity contribution in [2.75, 3.05) is 20.2 Å². The molecule has 16 heavy (non-hydrogen) atoms. The van der Waals surface area contributed by atoms with Gasteiger partial charge in [0, 0.05) is 12.4 Å². The fourth-order valence-electron chi connectivity index (χ4n) is 1.11. The molecule has 4 nitrogen and oxygen atoms in total. The second-order valence-electron chi connectivity index (χ2n) is 3.11. The summed E-state index contributed by atoms with van der Waals surface area (Å²) in [5.41, 5.74) is 0.612. The second-order valence-corrected chi connectivity index (χ2v) is 5.91. The molecule has 0 atom stereocenters. The highest BCUT2D eigenvalue weighted by Gasteiger charge is 2.16. The fourth-order valence-corrected chi connectivity index (χ4v) is 2.44. The normalized spacial score (nSPS) is 9.94. The Hall–Kier alpha value is -0.630. The lowest BCUT2D eigenvalue weighted by Crippen LogP contribution is -2.32. The number of ether oxygens (including phenoxy) is 1. The van der Waals surface area contributed by atoms with Gasteiger partial charge in [-0.2, -0.15) is 0 Å². The van der Waals surface area contributed by atoms with E-state index in [1.807, 2.05) is 0 Å². The predicted molar refractivity (Wildman–Crippen MR) is 70.6 cm³/mol. The molecule has 0 radical (unpaired) electrons. The number of thiophene rings is 1. The Morgan fingerprint density at radius 3 is 2.75 bits per heavy atom. The summed E-state index contributed by atoms with van der Waals surface area (Å²) in [6.07, 6.45) is 0. The SMILES string of the molecule is CCOC(=O)CN(C)C(=O)c1csc(I)c1. The molecule has 1 aromatic rings. The summed E-state index contributed by atoms with van der Waals surface area (Å²) in [7, 11) is 1.59. The zero-order valence-electron chi connectivity index (χ0n) is 9.03. The molecule has 0 fully saturated rings. The maximum atomic E-state index is 11.8. The predicted octanol–water partition coefficient (Wildman–Crippen LogP) is 1.99. The quantitative estimate of drug-likeness (QED) is 0.614. The van der Waals surface area contributed by atoms with Crippen molar-refractivity contribution < 1.29 is 14.3 Å². The third kappa shape index (κ3) is 3.75. The van der Waals surface area contributed by atoms with Crippen LogP contribution in [0, 0.1) is 2.88 Å². The Balaban J connectivity index is 2.57. The van der Waals surface area contributed by atoms with Gasteiger partial charge in [0.1, 0.15) is 6.54 Å². The smallest absolute Gasteiger partial charge is 0.325 e. The minimum atomic E-state index is -0.386. The number of rotatable bonds is 4. The average Bonchev–Trinajstić information content (AvgIpc) is 2.64. The Bertz CT molecular complexity index is 391. The Labute approximate surface area is 112 Å². The molecule has 0 aliphatic rings. The maximum Gasteiger partial charge on any atom is 0.325 e. The van der Waals surface area contributed by atoms with Crippen LogP contribution in [0.1, 0.15) is 17.3 Å². The highest BCUT2D eigenvalue weighted by molar-refractivity contribution is 14.1. The van der Waals surface area contributed by atoms with E-state index in [2.05, 4.69) is 22.6 Å². The number of amides is 1. The topological polar surface area (TPSA) is 46.6 Å². The molecular weight excluding hydrogens is 341 g/mol. The van der Waals surface area contributed by atoms with Crippen LogP contribution in [0.3, 0.4) is 0 Å². The number of halogens is 1. The zero-order valence-corrected chi connectivity index (χ0v) is 12.0. The second kappa shape index (κ2) is 6.19. The number of hydrogen-bond acceptors (Lipinski definition) is 4. The van der Waals surface area contributed by atoms with Gasteiger partial charge in [0.2, 0.25) is 0 Å².